The van der Waals surface area contributed by atoms with Crippen LogP contribution in [0.2, 0.25) is 0 Å². The van der Waals surface area contributed by atoms with Crippen molar-refractivity contribution in [2.45, 2.75) is 59.9 Å². The SMILES string of the molecule is CCOC(=O)c1c(C)c(CCC(=O)NC(C)CC)c(C)n1C. The lowest BCUT2D eigenvalue weighted by Gasteiger charge is -2.11. The molecule has 0 radical (unpaired) electrons. The molecule has 0 saturated heterocycles. The minimum Gasteiger partial charge on any atom is -0.461 e. The van der Waals surface area contributed by atoms with Gasteiger partial charge in [-0.15, -0.1) is 0 Å². The molecule has 0 aromatic carbocycles. The molecule has 1 amide bonds. The first-order chi connectivity index (χ1) is 10.3. The molecular formula is C17H28N2O3. The molecule has 1 N–H and O–H groups in total. The summed E-state index contributed by atoms with van der Waals surface area (Å²) < 4.78 is 6.97. The van der Waals surface area contributed by atoms with Crippen molar-refractivity contribution in [3.63, 3.8) is 0 Å². The Bertz CT molecular complexity index is 547. The maximum atomic E-state index is 12.1. The number of carbonyl (C=O) groups is 2. The van der Waals surface area contributed by atoms with Crippen molar-refractivity contribution in [1.29, 1.82) is 0 Å². The topological polar surface area (TPSA) is 60.3 Å². The molecule has 1 rings (SSSR count). The van der Waals surface area contributed by atoms with Crippen molar-refractivity contribution in [3.8, 4) is 0 Å². The molecule has 1 atom stereocenters. The number of aromatic nitrogens is 1. The van der Waals surface area contributed by atoms with Gasteiger partial charge in [0.2, 0.25) is 5.91 Å². The Morgan fingerprint density at radius 2 is 1.91 bits per heavy atom. The van der Waals surface area contributed by atoms with Crippen LogP contribution in [-0.4, -0.2) is 29.1 Å². The zero-order valence-electron chi connectivity index (χ0n) is 14.6. The summed E-state index contributed by atoms with van der Waals surface area (Å²) in [6, 6.07) is 0.195. The third kappa shape index (κ3) is 4.12. The zero-order valence-corrected chi connectivity index (χ0v) is 14.6. The molecule has 0 aliphatic heterocycles. The standard InChI is InChI=1S/C17H28N2O3/c1-7-11(3)18-15(20)10-9-14-12(4)16(17(21)22-8-2)19(6)13(14)5/h11H,7-10H2,1-6H3,(H,18,20). The first-order valence-electron chi connectivity index (χ1n) is 7.94. The lowest BCUT2D eigenvalue weighted by Crippen LogP contribution is -2.32. The maximum absolute atomic E-state index is 12.1. The average Bonchev–Trinajstić information content (AvgIpc) is 2.67. The van der Waals surface area contributed by atoms with Crippen LogP contribution in [0.5, 0.6) is 0 Å². The van der Waals surface area contributed by atoms with Crippen LogP contribution in [0.1, 0.15) is 60.9 Å². The lowest BCUT2D eigenvalue weighted by atomic mass is 10.0. The normalized spacial score (nSPS) is 12.1. The Hall–Kier alpha value is -1.78. The van der Waals surface area contributed by atoms with Crippen molar-refractivity contribution < 1.29 is 14.3 Å². The average molecular weight is 308 g/mol. The minimum atomic E-state index is -0.305. The van der Waals surface area contributed by atoms with Crippen molar-refractivity contribution in [2.75, 3.05) is 6.61 Å². The van der Waals surface area contributed by atoms with Crippen molar-refractivity contribution in [3.05, 3.63) is 22.5 Å². The van der Waals surface area contributed by atoms with Crippen LogP contribution >= 0.6 is 0 Å². The van der Waals surface area contributed by atoms with Gasteiger partial charge in [-0.2, -0.15) is 0 Å². The van der Waals surface area contributed by atoms with Crippen LogP contribution in [-0.2, 0) is 23.0 Å². The van der Waals surface area contributed by atoms with Gasteiger partial charge in [-0.05, 0) is 51.7 Å². The molecule has 22 heavy (non-hydrogen) atoms. The highest BCUT2D eigenvalue weighted by molar-refractivity contribution is 5.90. The van der Waals surface area contributed by atoms with Gasteiger partial charge in [-0.25, -0.2) is 4.79 Å². The predicted molar refractivity (Wildman–Crippen MR) is 87.1 cm³/mol. The van der Waals surface area contributed by atoms with E-state index in [1.54, 1.807) is 6.92 Å². The summed E-state index contributed by atoms with van der Waals surface area (Å²) in [6.07, 6.45) is 1.98. The number of amides is 1. The number of nitrogens with one attached hydrogen (secondary N) is 1. The number of esters is 1. The highest BCUT2D eigenvalue weighted by atomic mass is 16.5. The van der Waals surface area contributed by atoms with Gasteiger partial charge in [0.1, 0.15) is 5.69 Å². The monoisotopic (exact) mass is 308 g/mol. The van der Waals surface area contributed by atoms with E-state index in [1.807, 2.05) is 39.3 Å². The fraction of sp³-hybridized carbons (Fsp3) is 0.647. The van der Waals surface area contributed by atoms with Gasteiger partial charge in [0.05, 0.1) is 6.61 Å². The number of hydrogen-bond acceptors (Lipinski definition) is 3. The van der Waals surface area contributed by atoms with Gasteiger partial charge in [-0.1, -0.05) is 6.92 Å². The largest absolute Gasteiger partial charge is 0.461 e. The number of ether oxygens (including phenoxy) is 1. The van der Waals surface area contributed by atoms with E-state index in [9.17, 15) is 9.59 Å². The zero-order chi connectivity index (χ0) is 16.9. The van der Waals surface area contributed by atoms with Gasteiger partial charge in [0.15, 0.2) is 0 Å². The molecule has 0 aliphatic rings. The third-order valence-corrected chi connectivity index (χ3v) is 4.17. The van der Waals surface area contributed by atoms with Crippen LogP contribution in [0, 0.1) is 13.8 Å². The molecule has 0 bridgehead atoms. The van der Waals surface area contributed by atoms with Gasteiger partial charge < -0.3 is 14.6 Å². The van der Waals surface area contributed by atoms with E-state index in [0.717, 1.165) is 23.2 Å². The van der Waals surface area contributed by atoms with Crippen LogP contribution in [0.3, 0.4) is 0 Å². The molecule has 5 nitrogen and oxygen atoms in total. The second-order valence-electron chi connectivity index (χ2n) is 5.69. The predicted octanol–water partition coefficient (Wildman–Crippen LogP) is 2.67. The minimum absolute atomic E-state index is 0.0506. The Morgan fingerprint density at radius 3 is 2.45 bits per heavy atom. The molecule has 1 heterocycles. The summed E-state index contributed by atoms with van der Waals surface area (Å²) >= 11 is 0. The van der Waals surface area contributed by atoms with Crippen LogP contribution in [0.4, 0.5) is 0 Å². The smallest absolute Gasteiger partial charge is 0.355 e. The second kappa shape index (κ2) is 8.01. The van der Waals surface area contributed by atoms with Gasteiger partial charge in [-0.3, -0.25) is 4.79 Å². The molecule has 1 aromatic rings. The number of nitrogens with zero attached hydrogens (tertiary/aromatic N) is 1. The highest BCUT2D eigenvalue weighted by Gasteiger charge is 2.22. The summed E-state index contributed by atoms with van der Waals surface area (Å²) in [7, 11) is 1.86. The summed E-state index contributed by atoms with van der Waals surface area (Å²) in [4.78, 5) is 24.0. The Morgan fingerprint density at radius 1 is 1.27 bits per heavy atom. The lowest BCUT2D eigenvalue weighted by molar-refractivity contribution is -0.121. The number of hydrogen-bond donors (Lipinski definition) is 1. The second-order valence-corrected chi connectivity index (χ2v) is 5.69. The van der Waals surface area contributed by atoms with E-state index >= 15 is 0 Å². The van der Waals surface area contributed by atoms with Crippen LogP contribution in [0.15, 0.2) is 0 Å². The molecule has 0 spiro atoms. The van der Waals surface area contributed by atoms with Crippen LogP contribution in [0.25, 0.3) is 0 Å². The summed E-state index contributed by atoms with van der Waals surface area (Å²) in [5.41, 5.74) is 3.56. The van der Waals surface area contributed by atoms with E-state index in [2.05, 4.69) is 5.32 Å². The van der Waals surface area contributed by atoms with E-state index in [-0.39, 0.29) is 17.9 Å². The molecule has 5 heteroatoms. The van der Waals surface area contributed by atoms with E-state index < -0.39 is 0 Å². The van der Waals surface area contributed by atoms with Gasteiger partial charge in [0.25, 0.3) is 0 Å². The van der Waals surface area contributed by atoms with Gasteiger partial charge in [0, 0.05) is 25.2 Å². The molecule has 1 aromatic heterocycles. The molecule has 0 aliphatic carbocycles. The summed E-state index contributed by atoms with van der Waals surface area (Å²) in [6.45, 7) is 10.1. The van der Waals surface area contributed by atoms with Crippen LogP contribution < -0.4 is 5.32 Å². The third-order valence-electron chi connectivity index (χ3n) is 4.17. The Balaban J connectivity index is 2.86. The van der Waals surface area contributed by atoms with Gasteiger partial charge >= 0.3 is 5.97 Å². The molecule has 124 valence electrons. The molecule has 1 unspecified atom stereocenters. The van der Waals surface area contributed by atoms with E-state index in [4.69, 9.17) is 4.74 Å². The Labute approximate surface area is 133 Å². The van der Waals surface area contributed by atoms with E-state index in [0.29, 0.717) is 25.1 Å². The quantitative estimate of drug-likeness (QED) is 0.788. The van der Waals surface area contributed by atoms with Crippen molar-refractivity contribution in [2.24, 2.45) is 7.05 Å². The summed E-state index contributed by atoms with van der Waals surface area (Å²) in [5, 5.41) is 2.97. The maximum Gasteiger partial charge on any atom is 0.355 e. The number of rotatable bonds is 7. The molecule has 0 fully saturated rings. The fourth-order valence-corrected chi connectivity index (χ4v) is 2.58. The fourth-order valence-electron chi connectivity index (χ4n) is 2.58. The van der Waals surface area contributed by atoms with E-state index in [1.165, 1.54) is 0 Å². The van der Waals surface area contributed by atoms with Crippen molar-refractivity contribution >= 4 is 11.9 Å². The van der Waals surface area contributed by atoms with Crippen molar-refractivity contribution in [1.82, 2.24) is 9.88 Å². The molecule has 0 saturated carbocycles. The molecular weight excluding hydrogens is 280 g/mol. The Kier molecular flexibility index (Phi) is 6.65. The number of carbonyl (C=O) groups excluding carboxylic acids is 2. The highest BCUT2D eigenvalue weighted by Crippen LogP contribution is 2.23. The first kappa shape index (κ1) is 18.3. The first-order valence-corrected chi connectivity index (χ1v) is 7.94. The summed E-state index contributed by atoms with van der Waals surface area (Å²) in [5.74, 6) is -0.254.